The predicted molar refractivity (Wildman–Crippen MR) is 145 cm³/mol. The molecule has 3 N–H and O–H groups in total. The topological polar surface area (TPSA) is 117 Å². The first kappa shape index (κ1) is 27.5. The fourth-order valence-electron chi connectivity index (χ4n) is 4.94. The lowest BCUT2D eigenvalue weighted by molar-refractivity contribution is -0.144. The first-order valence-electron chi connectivity index (χ1n) is 13.1. The van der Waals surface area contributed by atoms with E-state index in [4.69, 9.17) is 10.5 Å². The Bertz CT molecular complexity index is 1180. The number of benzene rings is 2. The Hall–Kier alpha value is -3.56. The lowest BCUT2D eigenvalue weighted by atomic mass is 9.73. The normalized spacial score (nSPS) is 20.1. The lowest BCUT2D eigenvalue weighted by Gasteiger charge is -2.41. The average molecular weight is 520 g/mol. The largest absolute Gasteiger partial charge is 0.374 e. The molecule has 3 amide bonds. The third kappa shape index (κ3) is 5.95. The molecule has 1 fully saturated rings. The fourth-order valence-corrected chi connectivity index (χ4v) is 4.94. The number of carbonyl (C=O) groups is 3. The van der Waals surface area contributed by atoms with Crippen molar-refractivity contribution in [2.45, 2.75) is 51.8 Å². The van der Waals surface area contributed by atoms with Crippen molar-refractivity contribution in [3.63, 3.8) is 0 Å². The number of likely N-dealkylation sites (tertiary alicyclic amines) is 1. The molecule has 9 nitrogen and oxygen atoms in total. The minimum absolute atomic E-state index is 0.0201. The first-order chi connectivity index (χ1) is 18.1. The van der Waals surface area contributed by atoms with E-state index in [-0.39, 0.29) is 25.0 Å². The number of nitrogens with zero attached hydrogens (tertiary/aromatic N) is 3. The monoisotopic (exact) mass is 519 g/mol. The summed E-state index contributed by atoms with van der Waals surface area (Å²) in [5, 5.41) is 8.92. The number of ether oxygens (including phenoxy) is 1. The zero-order valence-electron chi connectivity index (χ0n) is 22.4. The van der Waals surface area contributed by atoms with Gasteiger partial charge in [-0.1, -0.05) is 60.7 Å². The maximum absolute atomic E-state index is 13.9. The van der Waals surface area contributed by atoms with Gasteiger partial charge in [-0.15, -0.1) is 0 Å². The number of nitrogens with two attached hydrogens (primary N) is 1. The summed E-state index contributed by atoms with van der Waals surface area (Å²) in [6.07, 6.45) is 0.928. The van der Waals surface area contributed by atoms with Gasteiger partial charge in [0, 0.05) is 26.1 Å². The summed E-state index contributed by atoms with van der Waals surface area (Å²) in [4.78, 5) is 41.9. The molecule has 0 saturated carbocycles. The predicted octanol–water partition coefficient (Wildman–Crippen LogP) is 2.10. The second-order valence-electron chi connectivity index (χ2n) is 10.6. The summed E-state index contributed by atoms with van der Waals surface area (Å²) in [5.74, 6) is -0.850. The number of piperidine rings is 1. The molecule has 0 spiro atoms. The van der Waals surface area contributed by atoms with Crippen LogP contribution in [0.3, 0.4) is 0 Å². The SMILES string of the molecule is CCN1N=C2CCN(C(=O)[C@@H](COCc3ccccc3)NC(=O)C(C)(C)N)C[C@]2(Cc2ccccc2)C1=O. The van der Waals surface area contributed by atoms with Gasteiger partial charge in [-0.25, -0.2) is 5.01 Å². The quantitative estimate of drug-likeness (QED) is 0.499. The van der Waals surface area contributed by atoms with Crippen LogP contribution in [0.15, 0.2) is 65.8 Å². The van der Waals surface area contributed by atoms with Gasteiger partial charge in [0.1, 0.15) is 11.5 Å². The number of carbonyl (C=O) groups excluding carboxylic acids is 3. The van der Waals surface area contributed by atoms with E-state index < -0.39 is 22.9 Å². The van der Waals surface area contributed by atoms with E-state index in [2.05, 4.69) is 10.4 Å². The van der Waals surface area contributed by atoms with Crippen LogP contribution in [0.5, 0.6) is 0 Å². The fraction of sp³-hybridized carbons (Fsp3) is 0.448. The highest BCUT2D eigenvalue weighted by atomic mass is 16.5. The van der Waals surface area contributed by atoms with Crippen molar-refractivity contribution in [1.82, 2.24) is 15.2 Å². The number of hydrogen-bond donors (Lipinski definition) is 2. The Kier molecular flexibility index (Phi) is 8.28. The zero-order chi connectivity index (χ0) is 27.3. The van der Waals surface area contributed by atoms with Crippen LogP contribution < -0.4 is 11.1 Å². The number of amides is 3. The third-order valence-electron chi connectivity index (χ3n) is 7.06. The number of nitrogens with one attached hydrogen (secondary N) is 1. The second-order valence-corrected chi connectivity index (χ2v) is 10.6. The van der Waals surface area contributed by atoms with Gasteiger partial charge in [-0.05, 0) is 38.3 Å². The highest BCUT2D eigenvalue weighted by Crippen LogP contribution is 2.38. The van der Waals surface area contributed by atoms with Crippen LogP contribution >= 0.6 is 0 Å². The minimum atomic E-state index is -1.17. The van der Waals surface area contributed by atoms with Gasteiger partial charge in [-0.2, -0.15) is 5.10 Å². The molecule has 0 aliphatic carbocycles. The molecule has 0 bridgehead atoms. The average Bonchev–Trinajstić information content (AvgIpc) is 3.18. The van der Waals surface area contributed by atoms with Crippen molar-refractivity contribution < 1.29 is 19.1 Å². The van der Waals surface area contributed by atoms with Crippen LogP contribution in [0.2, 0.25) is 0 Å². The van der Waals surface area contributed by atoms with Gasteiger partial charge < -0.3 is 20.7 Å². The molecule has 2 aliphatic heterocycles. The number of fused-ring (bicyclic) bond motifs is 1. The molecule has 38 heavy (non-hydrogen) atoms. The van der Waals surface area contributed by atoms with Crippen LogP contribution in [0, 0.1) is 5.41 Å². The zero-order valence-corrected chi connectivity index (χ0v) is 22.4. The molecule has 4 rings (SSSR count). The highest BCUT2D eigenvalue weighted by Gasteiger charge is 2.54. The molecule has 2 aliphatic rings. The third-order valence-corrected chi connectivity index (χ3v) is 7.06. The van der Waals surface area contributed by atoms with Crippen molar-refractivity contribution in [3.05, 3.63) is 71.8 Å². The Morgan fingerprint density at radius 2 is 1.74 bits per heavy atom. The molecule has 2 aromatic rings. The maximum atomic E-state index is 13.9. The molecule has 0 unspecified atom stereocenters. The molecule has 1 saturated heterocycles. The molecular weight excluding hydrogens is 482 g/mol. The van der Waals surface area contributed by atoms with E-state index in [0.717, 1.165) is 16.8 Å². The molecule has 2 heterocycles. The van der Waals surface area contributed by atoms with E-state index >= 15 is 0 Å². The molecular formula is C29H37N5O4. The van der Waals surface area contributed by atoms with Crippen molar-refractivity contribution in [2.75, 3.05) is 26.2 Å². The standard InChI is InChI=1S/C29H37N5O4/c1-4-34-27(37)29(17-21-11-7-5-8-12-21)20-33(16-15-24(29)32-34)25(35)23(31-26(36)28(2,3)30)19-38-18-22-13-9-6-10-14-22/h5-14,23H,4,15-20,30H2,1-3H3,(H,31,36)/t23-,29+/m1/s1. The number of hydrogen-bond acceptors (Lipinski definition) is 6. The smallest absolute Gasteiger partial charge is 0.256 e. The summed E-state index contributed by atoms with van der Waals surface area (Å²) < 4.78 is 5.87. The van der Waals surface area contributed by atoms with Crippen molar-refractivity contribution in [2.24, 2.45) is 16.3 Å². The van der Waals surface area contributed by atoms with Crippen molar-refractivity contribution in [1.29, 1.82) is 0 Å². The Morgan fingerprint density at radius 3 is 2.34 bits per heavy atom. The van der Waals surface area contributed by atoms with Gasteiger partial charge >= 0.3 is 0 Å². The minimum Gasteiger partial charge on any atom is -0.374 e. The highest BCUT2D eigenvalue weighted by molar-refractivity contribution is 6.13. The molecule has 2 aromatic carbocycles. The second kappa shape index (κ2) is 11.4. The van der Waals surface area contributed by atoms with Crippen molar-refractivity contribution in [3.8, 4) is 0 Å². The van der Waals surface area contributed by atoms with E-state index in [1.165, 1.54) is 5.01 Å². The van der Waals surface area contributed by atoms with E-state index in [9.17, 15) is 14.4 Å². The molecule has 202 valence electrons. The maximum Gasteiger partial charge on any atom is 0.256 e. The summed E-state index contributed by atoms with van der Waals surface area (Å²) in [5.41, 5.74) is 6.67. The Balaban J connectivity index is 1.56. The molecule has 0 aromatic heterocycles. The Morgan fingerprint density at radius 1 is 1.11 bits per heavy atom. The summed E-state index contributed by atoms with van der Waals surface area (Å²) >= 11 is 0. The van der Waals surface area contributed by atoms with Crippen LogP contribution in [0.25, 0.3) is 0 Å². The summed E-state index contributed by atoms with van der Waals surface area (Å²) in [6, 6.07) is 18.5. The molecule has 0 radical (unpaired) electrons. The van der Waals surface area contributed by atoms with Gasteiger partial charge in [0.2, 0.25) is 11.8 Å². The summed E-state index contributed by atoms with van der Waals surface area (Å²) in [7, 11) is 0. The first-order valence-corrected chi connectivity index (χ1v) is 13.1. The van der Waals surface area contributed by atoms with Crippen LogP contribution in [-0.2, 0) is 32.1 Å². The van der Waals surface area contributed by atoms with Crippen LogP contribution in [0.1, 0.15) is 38.3 Å². The van der Waals surface area contributed by atoms with Gasteiger partial charge in [0.25, 0.3) is 5.91 Å². The number of rotatable bonds is 10. The van der Waals surface area contributed by atoms with E-state index in [1.807, 2.05) is 67.6 Å². The lowest BCUT2D eigenvalue weighted by Crippen LogP contribution is -2.61. The van der Waals surface area contributed by atoms with Gasteiger partial charge in [0.05, 0.1) is 24.5 Å². The number of hydrazone groups is 1. The van der Waals surface area contributed by atoms with Crippen molar-refractivity contribution >= 4 is 23.4 Å². The summed E-state index contributed by atoms with van der Waals surface area (Å²) in [6.45, 7) is 6.39. The van der Waals surface area contributed by atoms with E-state index in [1.54, 1.807) is 18.7 Å². The van der Waals surface area contributed by atoms with E-state index in [0.29, 0.717) is 32.5 Å². The van der Waals surface area contributed by atoms with Crippen LogP contribution in [-0.4, -0.2) is 71.2 Å². The van der Waals surface area contributed by atoms with Crippen LogP contribution in [0.4, 0.5) is 0 Å². The van der Waals surface area contributed by atoms with Gasteiger partial charge in [-0.3, -0.25) is 14.4 Å². The Labute approximate surface area is 224 Å². The van der Waals surface area contributed by atoms with Gasteiger partial charge in [0.15, 0.2) is 0 Å². The molecule has 2 atom stereocenters. The molecule has 9 heteroatoms.